The second kappa shape index (κ2) is 5.52. The number of hydrogen-bond donors (Lipinski definition) is 0. The molecule has 0 spiro atoms. The van der Waals surface area contributed by atoms with Gasteiger partial charge in [-0.2, -0.15) is 0 Å². The van der Waals surface area contributed by atoms with Crippen molar-refractivity contribution in [3.8, 4) is 0 Å². The number of rotatable bonds is 4. The van der Waals surface area contributed by atoms with Crippen LogP contribution in [0.1, 0.15) is 34.6 Å². The number of ketones is 1. The molecule has 0 saturated heterocycles. The van der Waals surface area contributed by atoms with Crippen LogP contribution in [-0.4, -0.2) is 20.7 Å². The minimum atomic E-state index is -3.51. The number of nitrogens with zero attached hydrogens (tertiary/aromatic N) is 1. The van der Waals surface area contributed by atoms with Gasteiger partial charge < -0.3 is 0 Å². The maximum absolute atomic E-state index is 12.8. The predicted octanol–water partition coefficient (Wildman–Crippen LogP) is 3.26. The highest BCUT2D eigenvalue weighted by molar-refractivity contribution is 7.94. The lowest BCUT2D eigenvalue weighted by atomic mass is 10.1. The van der Waals surface area contributed by atoms with Crippen molar-refractivity contribution < 1.29 is 13.2 Å². The lowest BCUT2D eigenvalue weighted by Crippen LogP contribution is -2.28. The molecule has 0 bridgehead atoms. The summed E-state index contributed by atoms with van der Waals surface area (Å²) in [6.07, 6.45) is 1.47. The Bertz CT molecular complexity index is 837. The summed E-state index contributed by atoms with van der Waals surface area (Å²) in [4.78, 5) is 12.5. The first kappa shape index (κ1) is 15.2. The van der Waals surface area contributed by atoms with E-state index in [1.165, 1.54) is 22.6 Å². The lowest BCUT2D eigenvalue weighted by Gasteiger charge is -2.18. The topological polar surface area (TPSA) is 54.5 Å². The molecule has 1 aliphatic rings. The molecule has 0 radical (unpaired) electrons. The van der Waals surface area contributed by atoms with E-state index in [2.05, 4.69) is 0 Å². The van der Waals surface area contributed by atoms with Gasteiger partial charge in [-0.1, -0.05) is 6.92 Å². The van der Waals surface area contributed by atoms with E-state index in [0.29, 0.717) is 28.4 Å². The normalized spacial score (nSPS) is 14.2. The monoisotopic (exact) mass is 335 g/mol. The molecule has 0 saturated carbocycles. The Balaban J connectivity index is 2.00. The van der Waals surface area contributed by atoms with Crippen LogP contribution < -0.4 is 4.31 Å². The summed E-state index contributed by atoms with van der Waals surface area (Å²) in [6.45, 7) is 3.96. The molecule has 6 heteroatoms. The second-order valence-corrected chi connectivity index (χ2v) is 8.56. The van der Waals surface area contributed by atoms with Gasteiger partial charge in [0.15, 0.2) is 5.78 Å². The summed E-state index contributed by atoms with van der Waals surface area (Å²) >= 11 is 1.33. The summed E-state index contributed by atoms with van der Waals surface area (Å²) < 4.78 is 27.5. The number of thiophene rings is 1. The summed E-state index contributed by atoms with van der Waals surface area (Å²) in [5, 5.41) is 0. The molecule has 0 aliphatic carbocycles. The first-order valence-corrected chi connectivity index (χ1v) is 9.44. The van der Waals surface area contributed by atoms with Crippen molar-refractivity contribution in [1.82, 2.24) is 0 Å². The number of benzene rings is 1. The highest BCUT2D eigenvalue weighted by Crippen LogP contribution is 2.35. The van der Waals surface area contributed by atoms with Crippen molar-refractivity contribution >= 4 is 32.8 Å². The molecule has 2 aromatic rings. The second-order valence-electron chi connectivity index (χ2n) is 5.30. The van der Waals surface area contributed by atoms with Crippen LogP contribution in [0.15, 0.2) is 34.5 Å². The summed E-state index contributed by atoms with van der Waals surface area (Å²) in [7, 11) is -3.51. The molecule has 22 heavy (non-hydrogen) atoms. The smallest absolute Gasteiger partial charge is 0.273 e. The van der Waals surface area contributed by atoms with Gasteiger partial charge in [-0.05, 0) is 55.7 Å². The van der Waals surface area contributed by atoms with E-state index in [1.807, 2.05) is 13.0 Å². The Morgan fingerprint density at radius 2 is 2.05 bits per heavy atom. The molecule has 0 N–H and O–H groups in total. The predicted molar refractivity (Wildman–Crippen MR) is 88.4 cm³/mol. The van der Waals surface area contributed by atoms with Gasteiger partial charge in [0.05, 0.1) is 5.69 Å². The quantitative estimate of drug-likeness (QED) is 0.806. The van der Waals surface area contributed by atoms with Crippen LogP contribution in [0.2, 0.25) is 0 Å². The molecule has 0 fully saturated rings. The number of aryl methyl sites for hydroxylation is 1. The maximum Gasteiger partial charge on any atom is 0.273 e. The highest BCUT2D eigenvalue weighted by Gasteiger charge is 2.32. The fourth-order valence-corrected chi connectivity index (χ4v) is 5.55. The van der Waals surface area contributed by atoms with Crippen molar-refractivity contribution in [2.75, 3.05) is 10.8 Å². The van der Waals surface area contributed by atoms with Gasteiger partial charge in [0.2, 0.25) is 0 Å². The van der Waals surface area contributed by atoms with Crippen LogP contribution in [0.3, 0.4) is 0 Å². The Labute approximate surface area is 134 Å². The molecular weight excluding hydrogens is 318 g/mol. The number of carbonyl (C=O) groups excluding carboxylic acids is 1. The first-order chi connectivity index (χ1) is 10.4. The Kier molecular flexibility index (Phi) is 3.82. The number of sulfonamides is 1. The summed E-state index contributed by atoms with van der Waals surface area (Å²) in [5.41, 5.74) is 2.24. The van der Waals surface area contributed by atoms with Crippen LogP contribution in [0.5, 0.6) is 0 Å². The molecular formula is C16H17NO3S2. The third-order valence-corrected chi connectivity index (χ3v) is 7.38. The van der Waals surface area contributed by atoms with Crippen molar-refractivity contribution in [3.05, 3.63) is 46.3 Å². The van der Waals surface area contributed by atoms with Gasteiger partial charge >= 0.3 is 0 Å². The third kappa shape index (κ3) is 2.46. The number of anilines is 1. The molecule has 4 nitrogen and oxygen atoms in total. The third-order valence-electron chi connectivity index (χ3n) is 3.87. The molecule has 0 unspecified atom stereocenters. The molecule has 0 amide bonds. The highest BCUT2D eigenvalue weighted by atomic mass is 32.2. The molecule has 1 aromatic heterocycles. The van der Waals surface area contributed by atoms with Crippen LogP contribution in [0.4, 0.5) is 5.69 Å². The zero-order valence-electron chi connectivity index (χ0n) is 12.5. The van der Waals surface area contributed by atoms with Crippen molar-refractivity contribution in [2.24, 2.45) is 0 Å². The number of fused-ring (bicyclic) bond motifs is 1. The van der Waals surface area contributed by atoms with E-state index in [0.717, 1.165) is 16.9 Å². The van der Waals surface area contributed by atoms with E-state index >= 15 is 0 Å². The van der Waals surface area contributed by atoms with Crippen molar-refractivity contribution in [3.63, 3.8) is 0 Å². The molecule has 1 aromatic carbocycles. The SMILES string of the molecule is CCc1ccc(S(=O)(=O)N2CCc3cc(C(C)=O)ccc32)s1. The molecule has 0 atom stereocenters. The van der Waals surface area contributed by atoms with Crippen LogP contribution in [0.25, 0.3) is 0 Å². The Morgan fingerprint density at radius 1 is 1.27 bits per heavy atom. The first-order valence-electron chi connectivity index (χ1n) is 7.19. The van der Waals surface area contributed by atoms with Gasteiger partial charge in [-0.25, -0.2) is 8.42 Å². The average molecular weight is 335 g/mol. The average Bonchev–Trinajstić information content (AvgIpc) is 3.13. The van der Waals surface area contributed by atoms with Crippen LogP contribution in [-0.2, 0) is 22.9 Å². The van der Waals surface area contributed by atoms with E-state index in [9.17, 15) is 13.2 Å². The van der Waals surface area contributed by atoms with Crippen molar-refractivity contribution in [2.45, 2.75) is 30.9 Å². The fourth-order valence-electron chi connectivity index (χ4n) is 2.64. The van der Waals surface area contributed by atoms with E-state index in [1.54, 1.807) is 24.3 Å². The van der Waals surface area contributed by atoms with Gasteiger partial charge in [0, 0.05) is 17.0 Å². The van der Waals surface area contributed by atoms with Crippen LogP contribution in [0, 0.1) is 0 Å². The Morgan fingerprint density at radius 3 is 2.68 bits per heavy atom. The van der Waals surface area contributed by atoms with E-state index in [-0.39, 0.29) is 5.78 Å². The van der Waals surface area contributed by atoms with Gasteiger partial charge in [0.25, 0.3) is 10.0 Å². The zero-order chi connectivity index (χ0) is 15.9. The molecule has 2 heterocycles. The summed E-state index contributed by atoms with van der Waals surface area (Å²) in [5.74, 6) is -0.00467. The fraction of sp³-hybridized carbons (Fsp3) is 0.312. The van der Waals surface area contributed by atoms with E-state index in [4.69, 9.17) is 0 Å². The van der Waals surface area contributed by atoms with Gasteiger partial charge in [-0.3, -0.25) is 9.10 Å². The van der Waals surface area contributed by atoms with Gasteiger partial charge in [-0.15, -0.1) is 11.3 Å². The lowest BCUT2D eigenvalue weighted by molar-refractivity contribution is 0.101. The minimum absolute atomic E-state index is 0.00467. The number of hydrogen-bond acceptors (Lipinski definition) is 4. The number of carbonyl (C=O) groups is 1. The van der Waals surface area contributed by atoms with Crippen LogP contribution >= 0.6 is 11.3 Å². The maximum atomic E-state index is 12.8. The molecule has 116 valence electrons. The standard InChI is InChI=1S/C16H17NO3S2/c1-3-14-5-7-16(21-14)22(19,20)17-9-8-13-10-12(11(2)18)4-6-15(13)17/h4-7,10H,3,8-9H2,1-2H3. The van der Waals surface area contributed by atoms with E-state index < -0.39 is 10.0 Å². The van der Waals surface area contributed by atoms with Gasteiger partial charge in [0.1, 0.15) is 4.21 Å². The molecule has 1 aliphatic heterocycles. The largest absolute Gasteiger partial charge is 0.295 e. The Hall–Kier alpha value is -1.66. The number of Topliss-reactive ketones (excluding diaryl/α,β-unsaturated/α-hetero) is 1. The molecule has 3 rings (SSSR count). The zero-order valence-corrected chi connectivity index (χ0v) is 14.1. The summed E-state index contributed by atoms with van der Waals surface area (Å²) in [6, 6.07) is 8.79. The van der Waals surface area contributed by atoms with Crippen molar-refractivity contribution in [1.29, 1.82) is 0 Å². The minimum Gasteiger partial charge on any atom is -0.295 e.